The van der Waals surface area contributed by atoms with E-state index in [9.17, 15) is 0 Å². The van der Waals surface area contributed by atoms with Crippen molar-refractivity contribution in [1.82, 2.24) is 0 Å². The molecule has 0 fully saturated rings. The second kappa shape index (κ2) is 6.87. The first kappa shape index (κ1) is 14.3. The van der Waals surface area contributed by atoms with Gasteiger partial charge in [-0.15, -0.1) is 12.3 Å². The van der Waals surface area contributed by atoms with Crippen LogP contribution in [0.1, 0.15) is 31.4 Å². The van der Waals surface area contributed by atoms with E-state index in [1.165, 1.54) is 22.3 Å². The highest BCUT2D eigenvalue weighted by Crippen LogP contribution is 2.22. The largest absolute Gasteiger partial charge is 0.120 e. The Bertz CT molecular complexity index is 440. The molecule has 0 unspecified atom stereocenters. The fraction of sp³-hybridized carbons (Fsp3) is 0.333. The molecule has 0 radical (unpaired) electrons. The monoisotopic (exact) mass is 238 g/mol. The van der Waals surface area contributed by atoms with E-state index >= 15 is 0 Å². The molecule has 0 atom stereocenters. The molecule has 94 valence electrons. The van der Waals surface area contributed by atoms with Crippen molar-refractivity contribution in [3.63, 3.8) is 0 Å². The maximum atomic E-state index is 5.27. The Balaban J connectivity index is 2.71. The molecule has 0 saturated carbocycles. The highest BCUT2D eigenvalue weighted by atomic mass is 14.2. The predicted octanol–water partition coefficient (Wildman–Crippen LogP) is 4.56. The summed E-state index contributed by atoms with van der Waals surface area (Å²) in [7, 11) is 0. The van der Waals surface area contributed by atoms with Crippen LogP contribution in [0, 0.1) is 18.3 Å². The van der Waals surface area contributed by atoms with Crippen molar-refractivity contribution in [2.24, 2.45) is 5.92 Å². The minimum absolute atomic E-state index is 0.376. The van der Waals surface area contributed by atoms with E-state index in [0.29, 0.717) is 5.92 Å². The van der Waals surface area contributed by atoms with Crippen molar-refractivity contribution >= 4 is 0 Å². The highest BCUT2D eigenvalue weighted by molar-refractivity contribution is 5.26. The summed E-state index contributed by atoms with van der Waals surface area (Å²) in [6.07, 6.45) is 8.02. The van der Waals surface area contributed by atoms with Crippen LogP contribution < -0.4 is 0 Å². The molecule has 0 nitrogen and oxygen atoms in total. The average molecular weight is 238 g/mol. The summed E-state index contributed by atoms with van der Waals surface area (Å²) in [6, 6.07) is 8.70. The van der Waals surface area contributed by atoms with Crippen LogP contribution in [0.15, 0.2) is 48.6 Å². The normalized spacial score (nSPS) is 10.1. The van der Waals surface area contributed by atoms with Crippen LogP contribution in [0.5, 0.6) is 0 Å². The maximum Gasteiger partial charge on any atom is 0.0127 e. The standard InChI is InChI=1S/C18H22/c1-6-7-8-16-9-11-17(12-10-16)13-18(14(2)3)15(4)5/h1,9-12,18H,2,4,7-8,13H2,3,5H3. The van der Waals surface area contributed by atoms with E-state index in [1.807, 2.05) is 0 Å². The molecule has 0 aliphatic heterocycles. The van der Waals surface area contributed by atoms with Gasteiger partial charge in [-0.3, -0.25) is 0 Å². The van der Waals surface area contributed by atoms with Gasteiger partial charge in [0.25, 0.3) is 0 Å². The molecule has 0 spiro atoms. The fourth-order valence-electron chi connectivity index (χ4n) is 2.06. The van der Waals surface area contributed by atoms with E-state index in [-0.39, 0.29) is 0 Å². The second-order valence-electron chi connectivity index (χ2n) is 4.97. The molecule has 1 aromatic carbocycles. The molecule has 0 bridgehead atoms. The molecule has 18 heavy (non-hydrogen) atoms. The molecule has 0 saturated heterocycles. The van der Waals surface area contributed by atoms with E-state index in [2.05, 4.69) is 57.2 Å². The zero-order valence-electron chi connectivity index (χ0n) is 11.5. The number of hydrogen-bond donors (Lipinski definition) is 0. The van der Waals surface area contributed by atoms with Gasteiger partial charge >= 0.3 is 0 Å². The summed E-state index contributed by atoms with van der Waals surface area (Å²) < 4.78 is 0. The van der Waals surface area contributed by atoms with Crippen molar-refractivity contribution in [3.05, 3.63) is 59.7 Å². The lowest BCUT2D eigenvalue weighted by atomic mass is 9.88. The van der Waals surface area contributed by atoms with Crippen molar-refractivity contribution < 1.29 is 0 Å². The summed E-state index contributed by atoms with van der Waals surface area (Å²) in [6.45, 7) is 12.2. The molecule has 0 aromatic heterocycles. The number of hydrogen-bond acceptors (Lipinski definition) is 0. The Morgan fingerprint density at radius 2 is 1.61 bits per heavy atom. The summed E-state index contributed by atoms with van der Waals surface area (Å²) >= 11 is 0. The number of terminal acetylenes is 1. The molecule has 1 aromatic rings. The van der Waals surface area contributed by atoms with Gasteiger partial charge in [0.2, 0.25) is 0 Å². The lowest BCUT2D eigenvalue weighted by molar-refractivity contribution is 0.712. The van der Waals surface area contributed by atoms with Crippen molar-refractivity contribution in [3.8, 4) is 12.3 Å². The van der Waals surface area contributed by atoms with Crippen LogP contribution in [0.25, 0.3) is 0 Å². The van der Waals surface area contributed by atoms with Gasteiger partial charge in [-0.25, -0.2) is 0 Å². The van der Waals surface area contributed by atoms with Gasteiger partial charge in [-0.1, -0.05) is 48.6 Å². The SMILES string of the molecule is C#CCCc1ccc(CC(C(=C)C)C(=C)C)cc1. The average Bonchev–Trinajstić information content (AvgIpc) is 2.34. The van der Waals surface area contributed by atoms with Crippen LogP contribution in [0.3, 0.4) is 0 Å². The first-order valence-corrected chi connectivity index (χ1v) is 6.36. The van der Waals surface area contributed by atoms with Crippen LogP contribution in [-0.4, -0.2) is 0 Å². The predicted molar refractivity (Wildman–Crippen MR) is 80.4 cm³/mol. The van der Waals surface area contributed by atoms with E-state index in [1.54, 1.807) is 0 Å². The third kappa shape index (κ3) is 4.26. The quantitative estimate of drug-likeness (QED) is 0.503. The van der Waals surface area contributed by atoms with Gasteiger partial charge in [0, 0.05) is 12.3 Å². The molecule has 0 amide bonds. The van der Waals surface area contributed by atoms with E-state index < -0.39 is 0 Å². The number of rotatable bonds is 6. The summed E-state index contributed by atoms with van der Waals surface area (Å²) in [5.74, 6) is 3.05. The van der Waals surface area contributed by atoms with Gasteiger partial charge in [0.1, 0.15) is 0 Å². The van der Waals surface area contributed by atoms with Crippen LogP contribution in [-0.2, 0) is 12.8 Å². The fourth-order valence-corrected chi connectivity index (χ4v) is 2.06. The van der Waals surface area contributed by atoms with Gasteiger partial charge in [0.15, 0.2) is 0 Å². The van der Waals surface area contributed by atoms with Crippen LogP contribution in [0.2, 0.25) is 0 Å². The topological polar surface area (TPSA) is 0 Å². The molecule has 0 N–H and O–H groups in total. The van der Waals surface area contributed by atoms with Gasteiger partial charge in [0.05, 0.1) is 0 Å². The first-order chi connectivity index (χ1) is 8.54. The van der Waals surface area contributed by atoms with Crippen molar-refractivity contribution in [2.45, 2.75) is 33.1 Å². The van der Waals surface area contributed by atoms with E-state index in [0.717, 1.165) is 19.3 Å². The third-order valence-corrected chi connectivity index (χ3v) is 3.21. The Morgan fingerprint density at radius 1 is 1.11 bits per heavy atom. The molecule has 1 rings (SSSR count). The number of benzene rings is 1. The number of allylic oxidation sites excluding steroid dienone is 2. The summed E-state index contributed by atoms with van der Waals surface area (Å²) in [5.41, 5.74) is 4.99. The summed E-state index contributed by atoms with van der Waals surface area (Å²) in [4.78, 5) is 0. The Morgan fingerprint density at radius 3 is 2.06 bits per heavy atom. The van der Waals surface area contributed by atoms with Crippen molar-refractivity contribution in [1.29, 1.82) is 0 Å². The molecule has 0 aliphatic rings. The highest BCUT2D eigenvalue weighted by Gasteiger charge is 2.10. The Hall–Kier alpha value is -1.74. The zero-order valence-corrected chi connectivity index (χ0v) is 11.5. The first-order valence-electron chi connectivity index (χ1n) is 6.36. The lowest BCUT2D eigenvalue weighted by Crippen LogP contribution is -2.06. The van der Waals surface area contributed by atoms with Crippen LogP contribution in [0.4, 0.5) is 0 Å². The van der Waals surface area contributed by atoms with E-state index in [4.69, 9.17) is 6.42 Å². The molecule has 0 heterocycles. The molecule has 0 aliphatic carbocycles. The van der Waals surface area contributed by atoms with Crippen LogP contribution >= 0.6 is 0 Å². The Kier molecular flexibility index (Phi) is 5.46. The minimum Gasteiger partial charge on any atom is -0.120 e. The molecular weight excluding hydrogens is 216 g/mol. The smallest absolute Gasteiger partial charge is 0.0127 e. The zero-order chi connectivity index (χ0) is 13.5. The summed E-state index contributed by atoms with van der Waals surface area (Å²) in [5, 5.41) is 0. The molecular formula is C18H22. The van der Waals surface area contributed by atoms with Crippen molar-refractivity contribution in [2.75, 3.05) is 0 Å². The van der Waals surface area contributed by atoms with Gasteiger partial charge in [-0.05, 0) is 37.8 Å². The minimum atomic E-state index is 0.376. The second-order valence-corrected chi connectivity index (χ2v) is 4.97. The lowest BCUT2D eigenvalue weighted by Gasteiger charge is -2.17. The van der Waals surface area contributed by atoms with Gasteiger partial charge < -0.3 is 0 Å². The maximum absolute atomic E-state index is 5.27. The number of aryl methyl sites for hydroxylation is 1. The Labute approximate surface area is 111 Å². The third-order valence-electron chi connectivity index (χ3n) is 3.21. The van der Waals surface area contributed by atoms with Gasteiger partial charge in [-0.2, -0.15) is 0 Å². The molecule has 0 heteroatoms.